The molecular weight excluding hydrogens is 240 g/mol. The average Bonchev–Trinajstić information content (AvgIpc) is 2.25. The van der Waals surface area contributed by atoms with Gasteiger partial charge in [0, 0.05) is 17.9 Å². The number of hydrogen-bond acceptors (Lipinski definition) is 1. The van der Waals surface area contributed by atoms with Crippen LogP contribution in [-0.2, 0) is 0 Å². The van der Waals surface area contributed by atoms with E-state index in [9.17, 15) is 4.79 Å². The van der Waals surface area contributed by atoms with Crippen molar-refractivity contribution in [2.45, 2.75) is 39.5 Å². The molecule has 0 aliphatic rings. The molecule has 0 unspecified atom stereocenters. The number of nitrogens with one attached hydrogen (secondary N) is 1. The van der Waals surface area contributed by atoms with Gasteiger partial charge in [-0.25, -0.2) is 4.79 Å². The van der Waals surface area contributed by atoms with Crippen LogP contribution in [0.3, 0.4) is 0 Å². The summed E-state index contributed by atoms with van der Waals surface area (Å²) in [6.45, 7) is 10.9. The van der Waals surface area contributed by atoms with Crippen molar-refractivity contribution in [2.24, 2.45) is 0 Å². The zero-order valence-corrected chi connectivity index (χ0v) is 13.0. The molecule has 1 aromatic carbocycles. The lowest BCUT2D eigenvalue weighted by molar-refractivity contribution is 0.206. The third-order valence-corrected chi connectivity index (χ3v) is 3.84. The first-order valence-corrected chi connectivity index (χ1v) is 10.1. The van der Waals surface area contributed by atoms with E-state index in [1.54, 1.807) is 0 Å². The van der Waals surface area contributed by atoms with Crippen LogP contribution < -0.4 is 5.32 Å². The summed E-state index contributed by atoms with van der Waals surface area (Å²) in [4.78, 5) is 14.2. The molecule has 2 amide bonds. The van der Waals surface area contributed by atoms with Crippen molar-refractivity contribution >= 4 is 19.8 Å². The predicted octanol–water partition coefficient (Wildman–Crippen LogP) is 3.81. The van der Waals surface area contributed by atoms with Crippen molar-refractivity contribution in [1.82, 2.24) is 4.90 Å². The first-order valence-electron chi connectivity index (χ1n) is 6.42. The monoisotopic (exact) mass is 264 g/mol. The van der Waals surface area contributed by atoms with E-state index in [2.05, 4.69) is 38.8 Å². The van der Waals surface area contributed by atoms with Gasteiger partial charge in [-0.05, 0) is 26.0 Å². The number of amides is 2. The molecule has 0 saturated heterocycles. The Morgan fingerprint density at radius 2 is 1.78 bits per heavy atom. The Morgan fingerprint density at radius 1 is 1.22 bits per heavy atom. The van der Waals surface area contributed by atoms with Crippen LogP contribution in [0.25, 0.3) is 0 Å². The standard InChI is InChI=1S/C14H24N2OSi/c1-12(2)16(11-18(3,4)5)14(17)15-13-9-7-6-8-10-13/h6-10,12H,11H2,1-5H3,(H,15,17). The van der Waals surface area contributed by atoms with Crippen molar-refractivity contribution < 1.29 is 4.79 Å². The van der Waals surface area contributed by atoms with Gasteiger partial charge < -0.3 is 10.2 Å². The summed E-state index contributed by atoms with van der Waals surface area (Å²) in [5, 5.41) is 2.96. The number of carbonyl (C=O) groups excluding carboxylic acids is 1. The molecule has 0 fully saturated rings. The molecule has 0 saturated carbocycles. The molecule has 0 spiro atoms. The van der Waals surface area contributed by atoms with Crippen molar-refractivity contribution in [3.05, 3.63) is 30.3 Å². The van der Waals surface area contributed by atoms with E-state index in [1.807, 2.05) is 35.2 Å². The Morgan fingerprint density at radius 3 is 2.22 bits per heavy atom. The molecule has 100 valence electrons. The highest BCUT2D eigenvalue weighted by molar-refractivity contribution is 6.76. The highest BCUT2D eigenvalue weighted by Gasteiger charge is 2.24. The van der Waals surface area contributed by atoms with Crippen LogP contribution in [-0.4, -0.2) is 31.2 Å². The molecule has 0 atom stereocenters. The van der Waals surface area contributed by atoms with Gasteiger partial charge in [-0.1, -0.05) is 37.8 Å². The Balaban J connectivity index is 2.72. The zero-order chi connectivity index (χ0) is 13.8. The zero-order valence-electron chi connectivity index (χ0n) is 12.0. The van der Waals surface area contributed by atoms with E-state index >= 15 is 0 Å². The average molecular weight is 264 g/mol. The largest absolute Gasteiger partial charge is 0.325 e. The van der Waals surface area contributed by atoms with Crippen LogP contribution in [0.4, 0.5) is 10.5 Å². The number of carbonyl (C=O) groups is 1. The topological polar surface area (TPSA) is 32.3 Å². The van der Waals surface area contributed by atoms with E-state index in [1.165, 1.54) is 0 Å². The summed E-state index contributed by atoms with van der Waals surface area (Å²) < 4.78 is 0. The van der Waals surface area contributed by atoms with Gasteiger partial charge in [0.05, 0.1) is 8.07 Å². The summed E-state index contributed by atoms with van der Waals surface area (Å²) in [5.74, 6) is 0. The molecule has 4 heteroatoms. The predicted molar refractivity (Wildman–Crippen MR) is 80.6 cm³/mol. The van der Waals surface area contributed by atoms with E-state index < -0.39 is 8.07 Å². The molecule has 0 heterocycles. The maximum atomic E-state index is 12.3. The van der Waals surface area contributed by atoms with E-state index in [-0.39, 0.29) is 12.1 Å². The Bertz CT molecular complexity index is 385. The summed E-state index contributed by atoms with van der Waals surface area (Å²) in [6, 6.07) is 9.83. The molecule has 3 nitrogen and oxygen atoms in total. The third kappa shape index (κ3) is 4.92. The molecular formula is C14H24N2OSi. The number of para-hydroxylation sites is 1. The van der Waals surface area contributed by atoms with E-state index in [4.69, 9.17) is 0 Å². The third-order valence-electron chi connectivity index (χ3n) is 2.55. The van der Waals surface area contributed by atoms with Gasteiger partial charge >= 0.3 is 6.03 Å². The number of rotatable bonds is 4. The van der Waals surface area contributed by atoms with Crippen LogP contribution in [0.15, 0.2) is 30.3 Å². The van der Waals surface area contributed by atoms with Crippen LogP contribution in [0.5, 0.6) is 0 Å². The first kappa shape index (κ1) is 14.8. The van der Waals surface area contributed by atoms with Crippen molar-refractivity contribution in [3.63, 3.8) is 0 Å². The molecule has 0 aliphatic heterocycles. The normalized spacial score (nSPS) is 11.4. The lowest BCUT2D eigenvalue weighted by Gasteiger charge is -2.32. The second kappa shape index (κ2) is 6.04. The number of hydrogen-bond donors (Lipinski definition) is 1. The first-order chi connectivity index (χ1) is 8.29. The quantitative estimate of drug-likeness (QED) is 0.824. The summed E-state index contributed by atoms with van der Waals surface area (Å²) in [5.41, 5.74) is 0.851. The van der Waals surface area contributed by atoms with Gasteiger partial charge in [0.15, 0.2) is 0 Å². The fourth-order valence-electron chi connectivity index (χ4n) is 1.72. The smallest absolute Gasteiger partial charge is 0.321 e. The minimum absolute atomic E-state index is 0.00127. The van der Waals surface area contributed by atoms with Crippen molar-refractivity contribution in [1.29, 1.82) is 0 Å². The van der Waals surface area contributed by atoms with Crippen LogP contribution >= 0.6 is 0 Å². The molecule has 1 N–H and O–H groups in total. The molecule has 1 aromatic rings. The number of anilines is 1. The van der Waals surface area contributed by atoms with Crippen molar-refractivity contribution in [2.75, 3.05) is 11.5 Å². The fraction of sp³-hybridized carbons (Fsp3) is 0.500. The van der Waals surface area contributed by atoms with Crippen molar-refractivity contribution in [3.8, 4) is 0 Å². The number of nitrogens with zero attached hydrogens (tertiary/aromatic N) is 1. The highest BCUT2D eigenvalue weighted by atomic mass is 28.3. The SMILES string of the molecule is CC(C)N(C[Si](C)(C)C)C(=O)Nc1ccccc1. The molecule has 0 aromatic heterocycles. The second-order valence-electron chi connectivity index (χ2n) is 6.08. The molecule has 0 aliphatic carbocycles. The van der Waals surface area contributed by atoms with Gasteiger partial charge in [-0.2, -0.15) is 0 Å². The van der Waals surface area contributed by atoms with Crippen LogP contribution in [0, 0.1) is 0 Å². The molecule has 0 bridgehead atoms. The maximum absolute atomic E-state index is 12.3. The van der Waals surface area contributed by atoms with E-state index in [0.29, 0.717) is 0 Å². The van der Waals surface area contributed by atoms with Gasteiger partial charge in [0.25, 0.3) is 0 Å². The Kier molecular flexibility index (Phi) is 4.96. The van der Waals surface area contributed by atoms with Gasteiger partial charge in [-0.3, -0.25) is 0 Å². The van der Waals surface area contributed by atoms with Gasteiger partial charge in [-0.15, -0.1) is 0 Å². The lowest BCUT2D eigenvalue weighted by atomic mass is 10.3. The maximum Gasteiger partial charge on any atom is 0.321 e. The highest BCUT2D eigenvalue weighted by Crippen LogP contribution is 2.12. The minimum atomic E-state index is -1.30. The summed E-state index contributed by atoms with van der Waals surface area (Å²) in [6.07, 6.45) is 0.878. The Labute approximate surface area is 111 Å². The molecule has 18 heavy (non-hydrogen) atoms. The van der Waals surface area contributed by atoms with E-state index in [0.717, 1.165) is 11.9 Å². The molecule has 1 rings (SSSR count). The number of benzene rings is 1. The number of urea groups is 1. The molecule has 0 radical (unpaired) electrons. The Hall–Kier alpha value is -1.29. The van der Waals surface area contributed by atoms with Crippen LogP contribution in [0.1, 0.15) is 13.8 Å². The van der Waals surface area contributed by atoms with Gasteiger partial charge in [0.2, 0.25) is 0 Å². The summed E-state index contributed by atoms with van der Waals surface area (Å²) >= 11 is 0. The second-order valence-corrected chi connectivity index (χ2v) is 11.5. The van der Waals surface area contributed by atoms with Crippen LogP contribution in [0.2, 0.25) is 19.6 Å². The minimum Gasteiger partial charge on any atom is -0.325 e. The lowest BCUT2D eigenvalue weighted by Crippen LogP contribution is -2.48. The van der Waals surface area contributed by atoms with Gasteiger partial charge in [0.1, 0.15) is 0 Å². The fourth-order valence-corrected chi connectivity index (χ4v) is 3.25. The summed E-state index contributed by atoms with van der Waals surface area (Å²) in [7, 11) is -1.30.